The lowest BCUT2D eigenvalue weighted by atomic mass is 9.66. The topological polar surface area (TPSA) is 94.1 Å². The highest BCUT2D eigenvalue weighted by Gasteiger charge is 2.53. The summed E-state index contributed by atoms with van der Waals surface area (Å²) in [6.45, 7) is 11.9. The third kappa shape index (κ3) is 4.06. The monoisotopic (exact) mass is 483 g/mol. The van der Waals surface area contributed by atoms with Crippen LogP contribution >= 0.6 is 0 Å². The quantitative estimate of drug-likeness (QED) is 0.686. The summed E-state index contributed by atoms with van der Waals surface area (Å²) in [5, 5.41) is 3.08. The maximum Gasteiger partial charge on any atom is 0.410 e. The Morgan fingerprint density at radius 2 is 1.80 bits per heavy atom. The second-order valence-corrected chi connectivity index (χ2v) is 11.5. The van der Waals surface area contributed by atoms with E-state index in [1.807, 2.05) is 43.8 Å². The van der Waals surface area contributed by atoms with E-state index in [4.69, 9.17) is 14.7 Å². The first-order valence-corrected chi connectivity index (χ1v) is 12.6. The molecule has 3 atom stereocenters. The lowest BCUT2D eigenvalue weighted by Crippen LogP contribution is -2.59. The van der Waals surface area contributed by atoms with E-state index >= 15 is 0 Å². The van der Waals surface area contributed by atoms with Crippen LogP contribution in [0.15, 0.2) is 18.6 Å². The van der Waals surface area contributed by atoms with Gasteiger partial charge in [-0.3, -0.25) is 4.79 Å². The van der Waals surface area contributed by atoms with Crippen molar-refractivity contribution in [2.75, 3.05) is 36.5 Å². The van der Waals surface area contributed by atoms with Gasteiger partial charge in [0.2, 0.25) is 5.91 Å². The van der Waals surface area contributed by atoms with Crippen LogP contribution in [-0.2, 0) is 14.9 Å². The molecule has 1 aromatic heterocycles. The zero-order chi connectivity index (χ0) is 25.1. The van der Waals surface area contributed by atoms with Crippen LogP contribution in [0.2, 0.25) is 0 Å². The van der Waals surface area contributed by atoms with Gasteiger partial charge in [0, 0.05) is 62.0 Å². The molecule has 0 bridgehead atoms. The zero-order valence-electron chi connectivity index (χ0n) is 21.6. The summed E-state index contributed by atoms with van der Waals surface area (Å²) in [5.41, 5.74) is 0.652. The number of hydrogen-bond donors (Lipinski definition) is 1. The second-order valence-electron chi connectivity index (χ2n) is 11.5. The van der Waals surface area contributed by atoms with Gasteiger partial charge >= 0.3 is 6.09 Å². The Hall–Kier alpha value is -3.04. The number of rotatable bonds is 2. The molecule has 4 heterocycles. The number of nitrogens with one attached hydrogen (secondary N) is 1. The van der Waals surface area contributed by atoms with Gasteiger partial charge in [0.25, 0.3) is 0 Å². The number of hydrogen-bond acceptors (Lipinski definition) is 8. The molecule has 2 fully saturated rings. The first kappa shape index (κ1) is 23.7. The van der Waals surface area contributed by atoms with Gasteiger partial charge in [0.15, 0.2) is 6.29 Å². The van der Waals surface area contributed by atoms with Gasteiger partial charge < -0.3 is 29.7 Å². The van der Waals surface area contributed by atoms with Gasteiger partial charge in [-0.15, -0.1) is 0 Å². The van der Waals surface area contributed by atoms with Crippen LogP contribution in [0.25, 0.3) is 0 Å². The third-order valence-corrected chi connectivity index (χ3v) is 7.69. The van der Waals surface area contributed by atoms with Crippen molar-refractivity contribution in [3.05, 3.63) is 24.2 Å². The van der Waals surface area contributed by atoms with E-state index in [9.17, 15) is 9.59 Å². The van der Waals surface area contributed by atoms with Crippen LogP contribution in [0.4, 0.5) is 16.4 Å². The third-order valence-electron chi connectivity index (χ3n) is 7.69. The van der Waals surface area contributed by atoms with Crippen molar-refractivity contribution in [1.29, 1.82) is 0 Å². The number of ether oxygens (including phenoxy) is 1. The summed E-state index contributed by atoms with van der Waals surface area (Å²) in [5.74, 6) is 1.76. The number of piperazine rings is 1. The summed E-state index contributed by atoms with van der Waals surface area (Å²) in [7, 11) is 1.97. The second kappa shape index (κ2) is 8.27. The molecule has 35 heavy (non-hydrogen) atoms. The summed E-state index contributed by atoms with van der Waals surface area (Å²) < 4.78 is 5.66. The predicted molar refractivity (Wildman–Crippen MR) is 133 cm³/mol. The molecule has 5 rings (SSSR count). The van der Waals surface area contributed by atoms with Crippen molar-refractivity contribution in [1.82, 2.24) is 25.1 Å². The maximum absolute atomic E-state index is 12.8. The fourth-order valence-electron chi connectivity index (χ4n) is 5.81. The molecule has 190 valence electrons. The van der Waals surface area contributed by atoms with Gasteiger partial charge in [-0.1, -0.05) is 6.42 Å². The molecule has 1 aliphatic carbocycles. The average Bonchev–Trinajstić information content (AvgIpc) is 3.12. The van der Waals surface area contributed by atoms with Crippen molar-refractivity contribution < 1.29 is 14.3 Å². The Morgan fingerprint density at radius 1 is 1.11 bits per heavy atom. The van der Waals surface area contributed by atoms with Crippen LogP contribution < -0.4 is 15.1 Å². The molecule has 1 spiro atoms. The lowest BCUT2D eigenvalue weighted by molar-refractivity contribution is -0.118. The zero-order valence-corrected chi connectivity index (χ0v) is 21.6. The number of anilines is 2. The van der Waals surface area contributed by atoms with Crippen LogP contribution in [0, 0.1) is 0 Å². The molecular formula is C25H37N7O3. The summed E-state index contributed by atoms with van der Waals surface area (Å²) in [6.07, 6.45) is 7.79. The Kier molecular flexibility index (Phi) is 5.60. The molecule has 4 aliphatic rings. The van der Waals surface area contributed by atoms with E-state index in [1.165, 1.54) is 12.0 Å². The average molecular weight is 484 g/mol. The van der Waals surface area contributed by atoms with Crippen molar-refractivity contribution in [3.8, 4) is 0 Å². The first-order chi connectivity index (χ1) is 16.5. The fraction of sp³-hybridized carbons (Fsp3) is 0.680. The fourth-order valence-corrected chi connectivity index (χ4v) is 5.81. The molecule has 1 saturated carbocycles. The highest BCUT2D eigenvalue weighted by Crippen LogP contribution is 2.55. The van der Waals surface area contributed by atoms with Crippen molar-refractivity contribution in [2.24, 2.45) is 0 Å². The van der Waals surface area contributed by atoms with Gasteiger partial charge in [-0.25, -0.2) is 14.8 Å². The highest BCUT2D eigenvalue weighted by atomic mass is 16.6. The summed E-state index contributed by atoms with van der Waals surface area (Å²) >= 11 is 0. The molecule has 0 radical (unpaired) electrons. The van der Waals surface area contributed by atoms with Crippen molar-refractivity contribution in [2.45, 2.75) is 83.3 Å². The van der Waals surface area contributed by atoms with E-state index in [-0.39, 0.29) is 35.8 Å². The molecule has 1 N–H and O–H groups in total. The Labute approximate surface area is 207 Å². The number of carbonyl (C=O) groups is 2. The van der Waals surface area contributed by atoms with Crippen LogP contribution in [0.3, 0.4) is 0 Å². The minimum Gasteiger partial charge on any atom is -0.444 e. The first-order valence-electron chi connectivity index (χ1n) is 12.6. The van der Waals surface area contributed by atoms with Gasteiger partial charge in [-0.05, 0) is 47.5 Å². The molecular weight excluding hydrogens is 446 g/mol. The number of fused-ring (bicyclic) bond motifs is 2. The standard InChI is InChI=1S/C25H37N7O3/c1-16-13-31(23(34)35-24(3,4)5)17(2)12-30(16)20-19-21(27-15-26-20)32(14-25(19)9-7-10-25)22-28-18(33)8-11-29(22)6/h8,11,15-17,22H,7,9-10,12-14H2,1-6H3,(H,28,33)/t16-,17+,22?/m0/s1. The molecule has 0 aromatic carbocycles. The number of aromatic nitrogens is 2. The van der Waals surface area contributed by atoms with E-state index in [0.29, 0.717) is 13.1 Å². The van der Waals surface area contributed by atoms with E-state index in [1.54, 1.807) is 12.4 Å². The summed E-state index contributed by atoms with van der Waals surface area (Å²) in [6, 6.07) is 0.0549. The van der Waals surface area contributed by atoms with Crippen LogP contribution in [-0.4, -0.2) is 82.4 Å². The van der Waals surface area contributed by atoms with Gasteiger partial charge in [-0.2, -0.15) is 0 Å². The van der Waals surface area contributed by atoms with Gasteiger partial charge in [0.1, 0.15) is 23.6 Å². The highest BCUT2D eigenvalue weighted by molar-refractivity contribution is 5.88. The largest absolute Gasteiger partial charge is 0.444 e. The molecule has 3 aliphatic heterocycles. The molecule has 1 unspecified atom stereocenters. The molecule has 10 nitrogen and oxygen atoms in total. The van der Waals surface area contributed by atoms with E-state index in [2.05, 4.69) is 29.0 Å². The van der Waals surface area contributed by atoms with E-state index in [0.717, 1.165) is 31.0 Å². The molecule has 1 aromatic rings. The molecule has 2 amide bonds. The molecule has 10 heteroatoms. The van der Waals surface area contributed by atoms with Crippen LogP contribution in [0.1, 0.15) is 59.4 Å². The number of amides is 2. The lowest BCUT2D eigenvalue weighted by Gasteiger charge is -2.47. The Morgan fingerprint density at radius 3 is 2.43 bits per heavy atom. The smallest absolute Gasteiger partial charge is 0.410 e. The Bertz CT molecular complexity index is 1050. The van der Waals surface area contributed by atoms with Crippen molar-refractivity contribution in [3.63, 3.8) is 0 Å². The van der Waals surface area contributed by atoms with E-state index < -0.39 is 5.60 Å². The predicted octanol–water partition coefficient (Wildman–Crippen LogP) is 2.41. The van der Waals surface area contributed by atoms with Crippen LogP contribution in [0.5, 0.6) is 0 Å². The number of carbonyl (C=O) groups excluding carboxylic acids is 2. The van der Waals surface area contributed by atoms with Gasteiger partial charge in [0.05, 0.1) is 0 Å². The summed E-state index contributed by atoms with van der Waals surface area (Å²) in [4.78, 5) is 42.9. The number of nitrogens with zero attached hydrogens (tertiary/aromatic N) is 6. The maximum atomic E-state index is 12.8. The normalized spacial score (nSPS) is 27.6. The van der Waals surface area contributed by atoms with Crippen molar-refractivity contribution >= 4 is 23.6 Å². The SMILES string of the molecule is C[C@@H]1CN(c2ncnc3c2C2(CCC2)CN3C2NC(=O)C=CN2C)[C@@H](C)CN1C(=O)OC(C)(C)C. The Balaban J connectivity index is 1.46. The minimum absolute atomic E-state index is 0.0100. The minimum atomic E-state index is -0.526. The molecule has 1 saturated heterocycles.